The Hall–Kier alpha value is -0.895. The van der Waals surface area contributed by atoms with Crippen LogP contribution >= 0.6 is 0 Å². The normalized spacial score (nSPS) is 12.5. The molecule has 1 aromatic heterocycles. The van der Waals surface area contributed by atoms with E-state index in [1.807, 2.05) is 13.0 Å². The van der Waals surface area contributed by atoms with E-state index in [9.17, 15) is 0 Å². The molecule has 0 aliphatic carbocycles. The van der Waals surface area contributed by atoms with E-state index in [4.69, 9.17) is 5.11 Å². The van der Waals surface area contributed by atoms with Crippen LogP contribution in [0, 0.1) is 12.8 Å². The van der Waals surface area contributed by atoms with Crippen LogP contribution in [0.15, 0.2) is 12.3 Å². The standard InChI is InChI=1S/C11H19BN2O/c1-3-4-10(8-15)7-12-11-5-6-13-9(2)14-11/h5-6,10,12,15H,3-4,7-8H2,1-2H3. The molecule has 0 radical (unpaired) electrons. The van der Waals surface area contributed by atoms with Gasteiger partial charge in [-0.15, -0.1) is 0 Å². The molecule has 1 N–H and O–H groups in total. The Balaban J connectivity index is 2.41. The number of hydrogen-bond donors (Lipinski definition) is 1. The number of rotatable bonds is 6. The second kappa shape index (κ2) is 6.56. The summed E-state index contributed by atoms with van der Waals surface area (Å²) >= 11 is 0. The highest BCUT2D eigenvalue weighted by atomic mass is 16.3. The molecule has 1 heterocycles. The molecule has 0 bridgehead atoms. The average Bonchev–Trinajstić information content (AvgIpc) is 2.24. The predicted molar refractivity (Wildman–Crippen MR) is 63.8 cm³/mol. The number of aliphatic hydroxyl groups is 1. The second-order valence-corrected chi connectivity index (χ2v) is 3.97. The van der Waals surface area contributed by atoms with Gasteiger partial charge in [0.2, 0.25) is 0 Å². The monoisotopic (exact) mass is 206 g/mol. The lowest BCUT2D eigenvalue weighted by Crippen LogP contribution is -2.22. The Morgan fingerprint density at radius 2 is 2.33 bits per heavy atom. The molecule has 0 saturated heterocycles. The maximum atomic E-state index is 9.16. The molecule has 1 rings (SSSR count). The molecule has 4 heteroatoms. The fourth-order valence-electron chi connectivity index (χ4n) is 1.73. The van der Waals surface area contributed by atoms with Crippen molar-refractivity contribution in [3.8, 4) is 0 Å². The molecule has 0 aromatic carbocycles. The first-order valence-corrected chi connectivity index (χ1v) is 5.65. The first-order valence-electron chi connectivity index (χ1n) is 5.65. The maximum Gasteiger partial charge on any atom is 0.182 e. The van der Waals surface area contributed by atoms with Gasteiger partial charge in [-0.1, -0.05) is 19.7 Å². The molecule has 3 nitrogen and oxygen atoms in total. The van der Waals surface area contributed by atoms with Gasteiger partial charge in [-0.05, 0) is 25.3 Å². The minimum absolute atomic E-state index is 0.290. The van der Waals surface area contributed by atoms with Crippen LogP contribution in [0.25, 0.3) is 0 Å². The number of nitrogens with zero attached hydrogens (tertiary/aromatic N) is 2. The first-order chi connectivity index (χ1) is 7.26. The van der Waals surface area contributed by atoms with Crippen molar-refractivity contribution in [1.82, 2.24) is 9.97 Å². The van der Waals surface area contributed by atoms with Crippen LogP contribution in [0.4, 0.5) is 0 Å². The van der Waals surface area contributed by atoms with E-state index in [2.05, 4.69) is 16.9 Å². The minimum Gasteiger partial charge on any atom is -0.396 e. The molecule has 82 valence electrons. The second-order valence-electron chi connectivity index (χ2n) is 3.97. The van der Waals surface area contributed by atoms with Crippen LogP contribution < -0.4 is 5.59 Å². The number of hydrogen-bond acceptors (Lipinski definition) is 3. The van der Waals surface area contributed by atoms with Gasteiger partial charge in [0.1, 0.15) is 5.82 Å². The van der Waals surface area contributed by atoms with Crippen LogP contribution in [0.5, 0.6) is 0 Å². The summed E-state index contributed by atoms with van der Waals surface area (Å²) in [6.07, 6.45) is 5.04. The molecule has 0 aliphatic heterocycles. The van der Waals surface area contributed by atoms with Crippen LogP contribution in [0.3, 0.4) is 0 Å². The third kappa shape index (κ3) is 4.43. The van der Waals surface area contributed by atoms with Gasteiger partial charge in [-0.25, -0.2) is 9.97 Å². The molecule has 0 amide bonds. The molecule has 0 fully saturated rings. The van der Waals surface area contributed by atoms with Crippen molar-refractivity contribution < 1.29 is 5.11 Å². The highest BCUT2D eigenvalue weighted by molar-refractivity contribution is 6.52. The van der Waals surface area contributed by atoms with Gasteiger partial charge >= 0.3 is 0 Å². The molecule has 1 aromatic rings. The predicted octanol–water partition coefficient (Wildman–Crippen LogP) is 0.674. The van der Waals surface area contributed by atoms with E-state index in [0.717, 1.165) is 37.9 Å². The maximum absolute atomic E-state index is 9.16. The van der Waals surface area contributed by atoms with E-state index in [-0.39, 0.29) is 6.61 Å². The minimum atomic E-state index is 0.290. The summed E-state index contributed by atoms with van der Waals surface area (Å²) in [7, 11) is 0.939. The SMILES string of the molecule is CCCC(CO)CBc1ccnc(C)n1. The first kappa shape index (κ1) is 12.2. The van der Waals surface area contributed by atoms with Crippen LogP contribution in [0.1, 0.15) is 25.6 Å². The summed E-state index contributed by atoms with van der Waals surface area (Å²) in [6.45, 7) is 4.34. The van der Waals surface area contributed by atoms with Crippen molar-refractivity contribution in [2.24, 2.45) is 5.92 Å². The lowest BCUT2D eigenvalue weighted by molar-refractivity contribution is 0.229. The molecule has 0 spiro atoms. The summed E-state index contributed by atoms with van der Waals surface area (Å²) in [5.74, 6) is 1.24. The third-order valence-corrected chi connectivity index (χ3v) is 2.60. The lowest BCUT2D eigenvalue weighted by Gasteiger charge is -2.11. The molecule has 1 unspecified atom stereocenters. The lowest BCUT2D eigenvalue weighted by atomic mass is 9.66. The van der Waals surface area contributed by atoms with Crippen molar-refractivity contribution in [3.63, 3.8) is 0 Å². The Morgan fingerprint density at radius 3 is 2.93 bits per heavy atom. The Bertz CT molecular complexity index is 294. The number of aryl methyl sites for hydroxylation is 1. The molecular weight excluding hydrogens is 187 g/mol. The van der Waals surface area contributed by atoms with Gasteiger partial charge in [0.15, 0.2) is 7.28 Å². The van der Waals surface area contributed by atoms with E-state index < -0.39 is 0 Å². The van der Waals surface area contributed by atoms with Gasteiger partial charge in [0, 0.05) is 18.4 Å². The average molecular weight is 206 g/mol. The van der Waals surface area contributed by atoms with Crippen LogP contribution in [-0.4, -0.2) is 29.0 Å². The Kier molecular flexibility index (Phi) is 5.33. The summed E-state index contributed by atoms with van der Waals surface area (Å²) in [5, 5.41) is 9.16. The van der Waals surface area contributed by atoms with Gasteiger partial charge in [-0.3, -0.25) is 0 Å². The van der Waals surface area contributed by atoms with E-state index >= 15 is 0 Å². The quantitative estimate of drug-likeness (QED) is 0.696. The van der Waals surface area contributed by atoms with Crippen molar-refractivity contribution >= 4 is 12.9 Å². The fraction of sp³-hybridized carbons (Fsp3) is 0.636. The summed E-state index contributed by atoms with van der Waals surface area (Å²) < 4.78 is 0. The molecule has 15 heavy (non-hydrogen) atoms. The van der Waals surface area contributed by atoms with Crippen molar-refractivity contribution in [1.29, 1.82) is 0 Å². The van der Waals surface area contributed by atoms with Gasteiger partial charge in [-0.2, -0.15) is 0 Å². The summed E-state index contributed by atoms with van der Waals surface area (Å²) in [6, 6.07) is 1.95. The number of aromatic nitrogens is 2. The van der Waals surface area contributed by atoms with E-state index in [1.165, 1.54) is 0 Å². The van der Waals surface area contributed by atoms with Gasteiger partial charge in [0.05, 0.1) is 0 Å². The molecule has 0 saturated carbocycles. The van der Waals surface area contributed by atoms with E-state index in [0.29, 0.717) is 5.92 Å². The van der Waals surface area contributed by atoms with Gasteiger partial charge < -0.3 is 5.11 Å². The summed E-state index contributed by atoms with van der Waals surface area (Å²) in [5.41, 5.74) is 1.08. The fourth-order valence-corrected chi connectivity index (χ4v) is 1.73. The highest BCUT2D eigenvalue weighted by Gasteiger charge is 2.08. The molecule has 1 atom stereocenters. The molecule has 0 aliphatic rings. The zero-order valence-corrected chi connectivity index (χ0v) is 9.61. The highest BCUT2D eigenvalue weighted by Crippen LogP contribution is 2.09. The van der Waals surface area contributed by atoms with Crippen molar-refractivity contribution in [2.45, 2.75) is 33.0 Å². The van der Waals surface area contributed by atoms with Crippen molar-refractivity contribution in [3.05, 3.63) is 18.1 Å². The van der Waals surface area contributed by atoms with E-state index in [1.54, 1.807) is 6.20 Å². The Morgan fingerprint density at radius 1 is 1.53 bits per heavy atom. The topological polar surface area (TPSA) is 46.0 Å². The smallest absolute Gasteiger partial charge is 0.182 e. The van der Waals surface area contributed by atoms with Gasteiger partial charge in [0.25, 0.3) is 0 Å². The third-order valence-electron chi connectivity index (χ3n) is 2.60. The number of aliphatic hydroxyl groups excluding tert-OH is 1. The zero-order valence-electron chi connectivity index (χ0n) is 9.61. The van der Waals surface area contributed by atoms with Crippen LogP contribution in [-0.2, 0) is 0 Å². The molecular formula is C11H19BN2O. The zero-order chi connectivity index (χ0) is 11.1. The Labute approximate surface area is 92.2 Å². The largest absolute Gasteiger partial charge is 0.396 e. The van der Waals surface area contributed by atoms with Crippen LogP contribution in [0.2, 0.25) is 6.32 Å². The van der Waals surface area contributed by atoms with Crippen molar-refractivity contribution in [2.75, 3.05) is 6.61 Å². The summed E-state index contributed by atoms with van der Waals surface area (Å²) in [4.78, 5) is 8.41.